The lowest BCUT2D eigenvalue weighted by Crippen LogP contribution is -2.38. The van der Waals surface area contributed by atoms with E-state index in [0.717, 1.165) is 13.0 Å². The van der Waals surface area contributed by atoms with E-state index in [9.17, 15) is 4.79 Å². The van der Waals surface area contributed by atoms with Gasteiger partial charge in [0, 0.05) is 19.6 Å². The van der Waals surface area contributed by atoms with Crippen LogP contribution in [0.5, 0.6) is 0 Å². The van der Waals surface area contributed by atoms with Gasteiger partial charge >= 0.3 is 0 Å². The minimum Gasteiger partial charge on any atom is -0.359 e. The second kappa shape index (κ2) is 6.02. The molecule has 3 nitrogen and oxygen atoms in total. The van der Waals surface area contributed by atoms with Crippen LogP contribution in [0.25, 0.3) is 0 Å². The van der Waals surface area contributed by atoms with Gasteiger partial charge in [0.05, 0.1) is 5.92 Å². The fourth-order valence-corrected chi connectivity index (χ4v) is 2.07. The number of rotatable bonds is 5. The number of nitrogens with one attached hydrogen (secondary N) is 2. The van der Waals surface area contributed by atoms with E-state index in [2.05, 4.69) is 17.6 Å². The molecular formula is C11H22N2O. The molecule has 1 aliphatic carbocycles. The van der Waals surface area contributed by atoms with Crippen LogP contribution in [-0.2, 0) is 4.79 Å². The molecule has 0 aromatic heterocycles. The third-order valence-corrected chi connectivity index (χ3v) is 3.12. The van der Waals surface area contributed by atoms with Crippen LogP contribution >= 0.6 is 0 Å². The second-order valence-electron chi connectivity index (χ2n) is 4.11. The lowest BCUT2D eigenvalue weighted by Gasteiger charge is -2.17. The van der Waals surface area contributed by atoms with E-state index in [4.69, 9.17) is 0 Å². The van der Waals surface area contributed by atoms with Crippen molar-refractivity contribution in [3.63, 3.8) is 0 Å². The van der Waals surface area contributed by atoms with Gasteiger partial charge in [0.2, 0.25) is 5.91 Å². The third-order valence-electron chi connectivity index (χ3n) is 3.12. The first-order valence-corrected chi connectivity index (χ1v) is 5.73. The molecule has 1 amide bonds. The van der Waals surface area contributed by atoms with Crippen LogP contribution in [0.3, 0.4) is 0 Å². The summed E-state index contributed by atoms with van der Waals surface area (Å²) in [5.41, 5.74) is 0. The van der Waals surface area contributed by atoms with Crippen molar-refractivity contribution in [1.29, 1.82) is 0 Å². The van der Waals surface area contributed by atoms with Crippen molar-refractivity contribution in [2.45, 2.75) is 45.1 Å². The van der Waals surface area contributed by atoms with Crippen LogP contribution in [-0.4, -0.2) is 25.5 Å². The molecule has 0 saturated heterocycles. The smallest absolute Gasteiger partial charge is 0.224 e. The molecule has 0 spiro atoms. The number of amides is 1. The molecule has 2 N–H and O–H groups in total. The minimum absolute atomic E-state index is 0.139. The maximum Gasteiger partial charge on any atom is 0.224 e. The first kappa shape index (κ1) is 11.5. The summed E-state index contributed by atoms with van der Waals surface area (Å²) in [5.74, 6) is 0.304. The topological polar surface area (TPSA) is 41.1 Å². The largest absolute Gasteiger partial charge is 0.359 e. The summed E-state index contributed by atoms with van der Waals surface area (Å²) >= 11 is 0. The van der Waals surface area contributed by atoms with Crippen LogP contribution in [0.1, 0.15) is 39.0 Å². The molecule has 0 aromatic carbocycles. The van der Waals surface area contributed by atoms with Crippen molar-refractivity contribution in [2.75, 3.05) is 13.6 Å². The Morgan fingerprint density at radius 1 is 1.43 bits per heavy atom. The molecule has 0 bridgehead atoms. The molecule has 1 unspecified atom stereocenters. The Bertz CT molecular complexity index is 176. The Morgan fingerprint density at radius 2 is 2.07 bits per heavy atom. The van der Waals surface area contributed by atoms with Crippen molar-refractivity contribution in [3.05, 3.63) is 0 Å². The van der Waals surface area contributed by atoms with Gasteiger partial charge in [-0.1, -0.05) is 19.8 Å². The zero-order valence-corrected chi connectivity index (χ0v) is 9.31. The molecule has 0 heterocycles. The van der Waals surface area contributed by atoms with E-state index in [1.807, 2.05) is 0 Å². The normalized spacial score (nSPS) is 19.6. The molecule has 0 aromatic rings. The van der Waals surface area contributed by atoms with Crippen molar-refractivity contribution < 1.29 is 4.79 Å². The molecule has 3 heteroatoms. The van der Waals surface area contributed by atoms with Gasteiger partial charge in [-0.3, -0.25) is 4.79 Å². The Morgan fingerprint density at radius 3 is 2.57 bits per heavy atom. The maximum absolute atomic E-state index is 11.4. The van der Waals surface area contributed by atoms with Crippen molar-refractivity contribution in [1.82, 2.24) is 10.6 Å². The summed E-state index contributed by atoms with van der Waals surface area (Å²) in [4.78, 5) is 11.4. The van der Waals surface area contributed by atoms with E-state index < -0.39 is 0 Å². The fourth-order valence-electron chi connectivity index (χ4n) is 2.07. The highest BCUT2D eigenvalue weighted by atomic mass is 16.1. The molecule has 1 saturated carbocycles. The molecule has 1 aliphatic rings. The van der Waals surface area contributed by atoms with E-state index in [-0.39, 0.29) is 11.8 Å². The SMILES string of the molecule is CCC(CNC1CCCC1)C(=O)NC. The average Bonchev–Trinajstić information content (AvgIpc) is 2.71. The first-order chi connectivity index (χ1) is 6.77. The predicted octanol–water partition coefficient (Wildman–Crippen LogP) is 1.29. The summed E-state index contributed by atoms with van der Waals surface area (Å²) in [7, 11) is 1.71. The summed E-state index contributed by atoms with van der Waals surface area (Å²) in [6.07, 6.45) is 6.16. The quantitative estimate of drug-likeness (QED) is 0.699. The standard InChI is InChI=1S/C11H22N2O/c1-3-9(11(14)12-2)8-13-10-6-4-5-7-10/h9-10,13H,3-8H2,1-2H3,(H,12,14). The maximum atomic E-state index is 11.4. The minimum atomic E-state index is 0.139. The van der Waals surface area contributed by atoms with Crippen LogP contribution in [0.4, 0.5) is 0 Å². The average molecular weight is 198 g/mol. The Kier molecular flexibility index (Phi) is 4.94. The van der Waals surface area contributed by atoms with Gasteiger partial charge in [-0.2, -0.15) is 0 Å². The van der Waals surface area contributed by atoms with Crippen molar-refractivity contribution in [2.24, 2.45) is 5.92 Å². The van der Waals surface area contributed by atoms with Crippen LogP contribution < -0.4 is 10.6 Å². The molecule has 1 atom stereocenters. The summed E-state index contributed by atoms with van der Waals surface area (Å²) in [5, 5.41) is 6.20. The molecule has 0 radical (unpaired) electrons. The summed E-state index contributed by atoms with van der Waals surface area (Å²) < 4.78 is 0. The van der Waals surface area contributed by atoms with E-state index in [1.54, 1.807) is 7.05 Å². The van der Waals surface area contributed by atoms with E-state index >= 15 is 0 Å². The van der Waals surface area contributed by atoms with Gasteiger partial charge in [0.25, 0.3) is 0 Å². The Labute approximate surface area is 86.6 Å². The molecule has 1 fully saturated rings. The van der Waals surface area contributed by atoms with Crippen molar-refractivity contribution >= 4 is 5.91 Å². The number of hydrogen-bond acceptors (Lipinski definition) is 2. The van der Waals surface area contributed by atoms with Crippen LogP contribution in [0.15, 0.2) is 0 Å². The molecule has 0 aliphatic heterocycles. The Hall–Kier alpha value is -0.570. The van der Waals surface area contributed by atoms with Crippen LogP contribution in [0, 0.1) is 5.92 Å². The number of carbonyl (C=O) groups excluding carboxylic acids is 1. The highest BCUT2D eigenvalue weighted by molar-refractivity contribution is 5.78. The van der Waals surface area contributed by atoms with Gasteiger partial charge in [-0.25, -0.2) is 0 Å². The fraction of sp³-hybridized carbons (Fsp3) is 0.909. The monoisotopic (exact) mass is 198 g/mol. The summed E-state index contributed by atoms with van der Waals surface area (Å²) in [6.45, 7) is 2.90. The molecular weight excluding hydrogens is 176 g/mol. The first-order valence-electron chi connectivity index (χ1n) is 5.73. The third kappa shape index (κ3) is 3.29. The van der Waals surface area contributed by atoms with Crippen molar-refractivity contribution in [3.8, 4) is 0 Å². The number of hydrogen-bond donors (Lipinski definition) is 2. The van der Waals surface area contributed by atoms with Gasteiger partial charge in [0.15, 0.2) is 0 Å². The second-order valence-corrected chi connectivity index (χ2v) is 4.11. The zero-order chi connectivity index (χ0) is 10.4. The van der Waals surface area contributed by atoms with E-state index in [1.165, 1.54) is 25.7 Å². The zero-order valence-electron chi connectivity index (χ0n) is 9.31. The van der Waals surface area contributed by atoms with Gasteiger partial charge < -0.3 is 10.6 Å². The van der Waals surface area contributed by atoms with E-state index in [0.29, 0.717) is 6.04 Å². The molecule has 14 heavy (non-hydrogen) atoms. The lowest BCUT2D eigenvalue weighted by atomic mass is 10.1. The Balaban J connectivity index is 2.22. The highest BCUT2D eigenvalue weighted by Gasteiger charge is 2.19. The molecule has 1 rings (SSSR count). The van der Waals surface area contributed by atoms with Gasteiger partial charge in [-0.05, 0) is 19.3 Å². The predicted molar refractivity (Wildman–Crippen MR) is 58.1 cm³/mol. The lowest BCUT2D eigenvalue weighted by molar-refractivity contribution is -0.124. The van der Waals surface area contributed by atoms with Gasteiger partial charge in [-0.15, -0.1) is 0 Å². The van der Waals surface area contributed by atoms with Crippen LogP contribution in [0.2, 0.25) is 0 Å². The molecule has 82 valence electrons. The van der Waals surface area contributed by atoms with Gasteiger partial charge in [0.1, 0.15) is 0 Å². The summed E-state index contributed by atoms with van der Waals surface area (Å²) in [6, 6.07) is 0.661. The highest BCUT2D eigenvalue weighted by Crippen LogP contribution is 2.17. The number of carbonyl (C=O) groups is 1.